The highest BCUT2D eigenvalue weighted by Crippen LogP contribution is 2.43. The van der Waals surface area contributed by atoms with Crippen molar-refractivity contribution in [2.75, 3.05) is 13.2 Å². The first-order chi connectivity index (χ1) is 23.1. The van der Waals surface area contributed by atoms with Gasteiger partial charge in [0.05, 0.1) is 23.9 Å². The molecule has 0 bridgehead atoms. The van der Waals surface area contributed by atoms with Gasteiger partial charge in [0, 0.05) is 38.7 Å². The molecule has 1 amide bonds. The van der Waals surface area contributed by atoms with Crippen LogP contribution in [0.3, 0.4) is 0 Å². The smallest absolute Gasteiger partial charge is 0.303 e. The lowest BCUT2D eigenvalue weighted by molar-refractivity contribution is -0.238. The highest BCUT2D eigenvalue weighted by molar-refractivity contribution is 5.92. The van der Waals surface area contributed by atoms with E-state index in [1.165, 1.54) is 45.0 Å². The lowest BCUT2D eigenvalue weighted by Crippen LogP contribution is -2.55. The summed E-state index contributed by atoms with van der Waals surface area (Å²) in [6.45, 7) is 9.52. The Morgan fingerprint density at radius 2 is 1.53 bits per heavy atom. The maximum atomic E-state index is 15.1. The summed E-state index contributed by atoms with van der Waals surface area (Å²) in [5.41, 5.74) is 8.05. The molecule has 0 aliphatic carbocycles. The third-order valence-corrected chi connectivity index (χ3v) is 9.07. The van der Waals surface area contributed by atoms with Gasteiger partial charge in [0.1, 0.15) is 11.6 Å². The first-order valence-electron chi connectivity index (χ1n) is 16.3. The van der Waals surface area contributed by atoms with Gasteiger partial charge in [-0.3, -0.25) is 19.2 Å². The van der Waals surface area contributed by atoms with Crippen molar-refractivity contribution in [3.63, 3.8) is 0 Å². The second kappa shape index (κ2) is 14.2. The summed E-state index contributed by atoms with van der Waals surface area (Å²) in [4.78, 5) is 52.3. The summed E-state index contributed by atoms with van der Waals surface area (Å²) in [7, 11) is 0. The normalized spacial score (nSPS) is 23.3. The molecule has 3 heterocycles. The Hall–Kier alpha value is -4.36. The number of esters is 3. The van der Waals surface area contributed by atoms with E-state index in [0.717, 1.165) is 6.42 Å². The second-order valence-electron chi connectivity index (χ2n) is 13.8. The van der Waals surface area contributed by atoms with Crippen LogP contribution in [0, 0.1) is 17.0 Å². The molecule has 3 aromatic rings. The third-order valence-electron chi connectivity index (χ3n) is 9.07. The summed E-state index contributed by atoms with van der Waals surface area (Å²) >= 11 is 0. The van der Waals surface area contributed by atoms with Gasteiger partial charge in [-0.05, 0) is 78.3 Å². The molecule has 2 saturated heterocycles. The number of carbonyl (C=O) groups is 4. The quantitative estimate of drug-likeness (QED) is 0.262. The Labute approximate surface area is 283 Å². The van der Waals surface area contributed by atoms with Gasteiger partial charge in [-0.15, -0.1) is 0 Å². The molecule has 0 spiro atoms. The van der Waals surface area contributed by atoms with E-state index in [1.807, 2.05) is 20.8 Å². The zero-order valence-electron chi connectivity index (χ0n) is 28.5. The van der Waals surface area contributed by atoms with Gasteiger partial charge in [0.2, 0.25) is 5.91 Å². The van der Waals surface area contributed by atoms with E-state index in [9.17, 15) is 23.6 Å². The van der Waals surface area contributed by atoms with Crippen LogP contribution in [-0.4, -0.2) is 76.8 Å². The Balaban J connectivity index is 1.72. The number of halogens is 2. The molecule has 0 radical (unpaired) electrons. The molecular weight excluding hydrogens is 640 g/mol. The number of aromatic nitrogens is 1. The van der Waals surface area contributed by atoms with Gasteiger partial charge in [0.15, 0.2) is 24.5 Å². The summed E-state index contributed by atoms with van der Waals surface area (Å²) in [6.07, 6.45) is -3.23. The summed E-state index contributed by atoms with van der Waals surface area (Å²) in [6, 6.07) is 8.99. The van der Waals surface area contributed by atoms with Crippen molar-refractivity contribution in [3.8, 4) is 11.3 Å². The van der Waals surface area contributed by atoms with Crippen molar-refractivity contribution in [1.29, 1.82) is 0 Å². The maximum absolute atomic E-state index is 15.1. The van der Waals surface area contributed by atoms with E-state index in [1.54, 1.807) is 27.7 Å². The largest absolute Gasteiger partial charge is 0.456 e. The van der Waals surface area contributed by atoms with Gasteiger partial charge < -0.3 is 34.1 Å². The van der Waals surface area contributed by atoms with Gasteiger partial charge >= 0.3 is 17.9 Å². The average Bonchev–Trinajstić information content (AvgIpc) is 3.60. The molecule has 0 saturated carbocycles. The molecule has 2 N–H and O–H groups in total. The molecule has 2 aromatic carbocycles. The molecule has 6 atom stereocenters. The number of likely N-dealkylation sites (tertiary alicyclic amines) is 1. The number of benzene rings is 2. The van der Waals surface area contributed by atoms with Crippen molar-refractivity contribution in [3.05, 3.63) is 59.7 Å². The fraction of sp³-hybridized carbons (Fsp3) is 0.500. The Morgan fingerprint density at radius 1 is 0.918 bits per heavy atom. The van der Waals surface area contributed by atoms with Crippen LogP contribution in [0.5, 0.6) is 0 Å². The van der Waals surface area contributed by atoms with Crippen LogP contribution in [0.25, 0.3) is 22.2 Å². The number of ether oxygens (including phenoxy) is 4. The topological polar surface area (TPSA) is 139 Å². The van der Waals surface area contributed by atoms with Crippen molar-refractivity contribution >= 4 is 34.7 Å². The standard InChI is InChI=1S/C36H43F2N3O8/c1-19(42)47-29-18-46-35(32(49-21(3)44)31(29)48-20(2)43)41-28-16-24(38)13-14-26(28)27(30(41)22-9-11-23(37)12-10-22)17-25-8-7-15-40(25)34(45)33(39)36(4,5)6/h9-14,16,25,29,31-33,35H,7-8,15,17-18,39H2,1-6H3/t25?,29-,31+,32-,33-,35-/m1/s1. The van der Waals surface area contributed by atoms with Crippen LogP contribution < -0.4 is 5.73 Å². The summed E-state index contributed by atoms with van der Waals surface area (Å²) in [5.74, 6) is -3.34. The summed E-state index contributed by atoms with van der Waals surface area (Å²) < 4.78 is 54.1. The lowest BCUT2D eigenvalue weighted by Gasteiger charge is -2.41. The van der Waals surface area contributed by atoms with Gasteiger partial charge in [-0.2, -0.15) is 0 Å². The number of nitrogens with two attached hydrogens (primary N) is 1. The highest BCUT2D eigenvalue weighted by Gasteiger charge is 2.49. The molecule has 2 aliphatic rings. The molecule has 5 rings (SSSR count). The van der Waals surface area contributed by atoms with E-state index in [-0.39, 0.29) is 18.6 Å². The molecular formula is C36H43F2N3O8. The average molecular weight is 684 g/mol. The van der Waals surface area contributed by atoms with Crippen molar-refractivity contribution in [2.24, 2.45) is 11.1 Å². The van der Waals surface area contributed by atoms with Crippen LogP contribution >= 0.6 is 0 Å². The van der Waals surface area contributed by atoms with Crippen LogP contribution in [0.1, 0.15) is 66.2 Å². The van der Waals surface area contributed by atoms with Crippen LogP contribution in [0.4, 0.5) is 8.78 Å². The highest BCUT2D eigenvalue weighted by atomic mass is 19.1. The first kappa shape index (κ1) is 35.9. The molecule has 1 aromatic heterocycles. The van der Waals surface area contributed by atoms with Gasteiger partial charge in [0.25, 0.3) is 0 Å². The minimum Gasteiger partial charge on any atom is -0.456 e. The van der Waals surface area contributed by atoms with E-state index in [2.05, 4.69) is 0 Å². The van der Waals surface area contributed by atoms with Gasteiger partial charge in [-0.25, -0.2) is 8.78 Å². The van der Waals surface area contributed by atoms with Crippen molar-refractivity contribution < 1.29 is 46.9 Å². The predicted octanol–water partition coefficient (Wildman–Crippen LogP) is 4.82. The first-order valence-corrected chi connectivity index (χ1v) is 16.3. The Kier molecular flexibility index (Phi) is 10.4. The number of rotatable bonds is 8. The van der Waals surface area contributed by atoms with Crippen LogP contribution in [0.15, 0.2) is 42.5 Å². The fourth-order valence-corrected chi connectivity index (χ4v) is 6.81. The number of hydrogen-bond donors (Lipinski definition) is 1. The molecule has 13 heteroatoms. The monoisotopic (exact) mass is 683 g/mol. The number of fused-ring (bicyclic) bond motifs is 1. The third kappa shape index (κ3) is 7.62. The van der Waals surface area contributed by atoms with E-state index in [0.29, 0.717) is 47.1 Å². The van der Waals surface area contributed by atoms with Crippen LogP contribution in [-0.2, 0) is 44.5 Å². The van der Waals surface area contributed by atoms with E-state index >= 15 is 4.39 Å². The lowest BCUT2D eigenvalue weighted by atomic mass is 9.86. The maximum Gasteiger partial charge on any atom is 0.303 e. The SMILES string of the molecule is CC(=O)O[C@@H]1[C@@H](OC(C)=O)[C@H](OC(C)=O)CO[C@H]1n1c(-c2ccc(F)cc2)c(CC2CCCN2C(=O)[C@@H](N)C(C)(C)C)c2ccc(F)cc21. The van der Waals surface area contributed by atoms with Crippen molar-refractivity contribution in [2.45, 2.75) is 97.4 Å². The minimum atomic E-state index is -1.36. The molecule has 264 valence electrons. The molecule has 2 aliphatic heterocycles. The number of carbonyl (C=O) groups excluding carboxylic acids is 4. The number of hydrogen-bond acceptors (Lipinski definition) is 9. The molecule has 1 unspecified atom stereocenters. The zero-order chi connectivity index (χ0) is 35.8. The molecule has 49 heavy (non-hydrogen) atoms. The zero-order valence-corrected chi connectivity index (χ0v) is 28.5. The van der Waals surface area contributed by atoms with E-state index in [4.69, 9.17) is 24.7 Å². The minimum absolute atomic E-state index is 0.167. The second-order valence-corrected chi connectivity index (χ2v) is 13.8. The fourth-order valence-electron chi connectivity index (χ4n) is 6.81. The summed E-state index contributed by atoms with van der Waals surface area (Å²) in [5, 5.41) is 0.622. The van der Waals surface area contributed by atoms with E-state index < -0.39 is 65.5 Å². The van der Waals surface area contributed by atoms with Gasteiger partial charge in [-0.1, -0.05) is 20.8 Å². The number of nitrogens with zero attached hydrogens (tertiary/aromatic N) is 2. The Morgan fingerprint density at radius 3 is 2.14 bits per heavy atom. The van der Waals surface area contributed by atoms with Crippen LogP contribution in [0.2, 0.25) is 0 Å². The number of amides is 1. The molecule has 11 nitrogen and oxygen atoms in total. The predicted molar refractivity (Wildman–Crippen MR) is 175 cm³/mol. The van der Waals surface area contributed by atoms with Crippen molar-refractivity contribution in [1.82, 2.24) is 9.47 Å². The Bertz CT molecular complexity index is 1730. The molecule has 2 fully saturated rings.